The number of nitrogens with two attached hydrogens (primary N) is 1. The molecule has 0 unspecified atom stereocenters. The van der Waals surface area contributed by atoms with Gasteiger partial charge in [0.1, 0.15) is 17.2 Å². The Morgan fingerprint density at radius 2 is 1.74 bits per heavy atom. The van der Waals surface area contributed by atoms with E-state index in [1.54, 1.807) is 17.5 Å². The Balaban J connectivity index is 0.00000210. The van der Waals surface area contributed by atoms with Gasteiger partial charge in [0.2, 0.25) is 5.69 Å². The molecule has 2 aliphatic rings. The highest BCUT2D eigenvalue weighted by Gasteiger charge is 2.37. The zero-order valence-electron chi connectivity index (χ0n) is 14.9. The summed E-state index contributed by atoms with van der Waals surface area (Å²) in [5.41, 5.74) is 1.61. The normalized spacial score (nSPS) is 16.6. The molecular formula is C19H20ClF3N4. The zero-order valence-corrected chi connectivity index (χ0v) is 15.6. The molecule has 2 N–H and O–H groups in total. The van der Waals surface area contributed by atoms with Crippen molar-refractivity contribution in [3.8, 4) is 0 Å². The minimum atomic E-state index is -4.39. The first-order valence-electron chi connectivity index (χ1n) is 8.80. The standard InChI is InChI=1S/C19H19F3N4.ClH/c1-12-23-16-11-15(13-7-3-4-8-14(13)19(20,21)22)25-17(16)18(24-12)26-9-5-2-6-10-26;/h3-4,7-8,11,25H,2,5-6,9-10H2,1H3;1H. The molecular weight excluding hydrogens is 377 g/mol. The molecule has 1 saturated heterocycles. The van der Waals surface area contributed by atoms with Gasteiger partial charge in [-0.3, -0.25) is 5.32 Å². The van der Waals surface area contributed by atoms with Crippen LogP contribution < -0.4 is 22.6 Å². The predicted molar refractivity (Wildman–Crippen MR) is 93.7 cm³/mol. The molecule has 0 atom stereocenters. The predicted octanol–water partition coefficient (Wildman–Crippen LogP) is 0.505. The number of piperidine rings is 1. The summed E-state index contributed by atoms with van der Waals surface area (Å²) in [6, 6.07) is 5.68. The Labute approximate surface area is 161 Å². The smallest absolute Gasteiger partial charge is 0.417 e. The number of quaternary nitrogens is 1. The van der Waals surface area contributed by atoms with Crippen molar-refractivity contribution < 1.29 is 30.9 Å². The van der Waals surface area contributed by atoms with Crippen LogP contribution in [0.1, 0.15) is 41.9 Å². The van der Waals surface area contributed by atoms with E-state index in [9.17, 15) is 13.2 Å². The zero-order chi connectivity index (χ0) is 18.3. The van der Waals surface area contributed by atoms with Crippen LogP contribution in [0.15, 0.2) is 24.3 Å². The van der Waals surface area contributed by atoms with Crippen LogP contribution >= 0.6 is 0 Å². The van der Waals surface area contributed by atoms with Gasteiger partial charge in [-0.25, -0.2) is 9.97 Å². The Morgan fingerprint density at radius 1 is 1.04 bits per heavy atom. The Hall–Kier alpha value is -2.12. The van der Waals surface area contributed by atoms with Gasteiger partial charge in [0.15, 0.2) is 5.82 Å². The van der Waals surface area contributed by atoms with E-state index in [1.165, 1.54) is 18.6 Å². The first-order chi connectivity index (χ1) is 12.4. The molecule has 4 rings (SSSR count). The van der Waals surface area contributed by atoms with E-state index in [-0.39, 0.29) is 18.0 Å². The summed E-state index contributed by atoms with van der Waals surface area (Å²) in [4.78, 5) is 11.3. The molecule has 0 saturated carbocycles. The molecule has 3 heterocycles. The molecule has 1 fully saturated rings. The summed E-state index contributed by atoms with van der Waals surface area (Å²) in [7, 11) is 0. The Morgan fingerprint density at radius 3 is 2.44 bits per heavy atom. The van der Waals surface area contributed by atoms with Crippen LogP contribution in [-0.4, -0.2) is 23.1 Å². The molecule has 0 amide bonds. The number of benzene rings is 1. The third kappa shape index (κ3) is 3.80. The number of nitrogens with zero attached hydrogens (tertiary/aromatic N) is 3. The van der Waals surface area contributed by atoms with Crippen molar-refractivity contribution in [3.05, 3.63) is 46.9 Å². The van der Waals surface area contributed by atoms with Gasteiger partial charge >= 0.3 is 6.18 Å². The fourth-order valence-corrected chi connectivity index (χ4v) is 3.66. The average Bonchev–Trinajstić information content (AvgIpc) is 3.05. The van der Waals surface area contributed by atoms with Crippen molar-refractivity contribution in [2.45, 2.75) is 32.4 Å². The van der Waals surface area contributed by atoms with Crippen LogP contribution in [0.3, 0.4) is 0 Å². The lowest BCUT2D eigenvalue weighted by Crippen LogP contribution is -3.00. The van der Waals surface area contributed by atoms with Gasteiger partial charge in [-0.1, -0.05) is 12.1 Å². The quantitative estimate of drug-likeness (QED) is 0.804. The van der Waals surface area contributed by atoms with Crippen molar-refractivity contribution in [1.29, 1.82) is 0 Å². The van der Waals surface area contributed by atoms with Crippen LogP contribution in [0.25, 0.3) is 11.8 Å². The van der Waals surface area contributed by atoms with E-state index in [4.69, 9.17) is 0 Å². The summed E-state index contributed by atoms with van der Waals surface area (Å²) in [5, 5.41) is 1.79. The number of aryl methyl sites for hydroxylation is 1. The van der Waals surface area contributed by atoms with E-state index in [1.807, 2.05) is 6.92 Å². The topological polar surface area (TPSA) is 45.6 Å². The number of fused-ring (bicyclic) bond motifs is 1. The maximum atomic E-state index is 13.4. The maximum Gasteiger partial charge on any atom is 0.417 e. The second kappa shape index (κ2) is 7.48. The molecule has 0 spiro atoms. The minimum Gasteiger partial charge on any atom is -1.00 e. The van der Waals surface area contributed by atoms with Gasteiger partial charge in [0.25, 0.3) is 0 Å². The summed E-state index contributed by atoms with van der Waals surface area (Å²) in [6.45, 7) is 3.67. The highest BCUT2D eigenvalue weighted by molar-refractivity contribution is 5.87. The number of aromatic nitrogens is 2. The van der Waals surface area contributed by atoms with Gasteiger partial charge in [0.05, 0.1) is 5.56 Å². The van der Waals surface area contributed by atoms with E-state index in [0.29, 0.717) is 17.2 Å². The molecule has 144 valence electrons. The lowest BCUT2D eigenvalue weighted by atomic mass is 10.0. The maximum absolute atomic E-state index is 13.4. The minimum absolute atomic E-state index is 0. The fourth-order valence-electron chi connectivity index (χ4n) is 3.66. The molecule has 1 aromatic carbocycles. The molecule has 4 nitrogen and oxygen atoms in total. The highest BCUT2D eigenvalue weighted by Crippen LogP contribution is 2.37. The SMILES string of the molecule is Cc1nc2c(c(N3CCCCC3)n1)[NH2+]C(c1ccccc1C(F)(F)F)=C2.[Cl-]. The number of halogens is 4. The van der Waals surface area contributed by atoms with E-state index in [2.05, 4.69) is 14.9 Å². The molecule has 0 aliphatic carbocycles. The van der Waals surface area contributed by atoms with Crippen molar-refractivity contribution in [2.24, 2.45) is 0 Å². The molecule has 8 heteroatoms. The van der Waals surface area contributed by atoms with Crippen LogP contribution in [0.2, 0.25) is 0 Å². The van der Waals surface area contributed by atoms with Crippen LogP contribution in [0.4, 0.5) is 24.7 Å². The Bertz CT molecular complexity index is 874. The van der Waals surface area contributed by atoms with Crippen LogP contribution in [0, 0.1) is 6.92 Å². The van der Waals surface area contributed by atoms with Gasteiger partial charge < -0.3 is 17.3 Å². The average molecular weight is 397 g/mol. The highest BCUT2D eigenvalue weighted by atomic mass is 35.5. The summed E-state index contributed by atoms with van der Waals surface area (Å²) < 4.78 is 40.2. The summed E-state index contributed by atoms with van der Waals surface area (Å²) >= 11 is 0. The van der Waals surface area contributed by atoms with Crippen molar-refractivity contribution >= 4 is 23.3 Å². The third-order valence-corrected chi connectivity index (χ3v) is 4.86. The van der Waals surface area contributed by atoms with E-state index >= 15 is 0 Å². The lowest BCUT2D eigenvalue weighted by molar-refractivity contribution is -0.464. The van der Waals surface area contributed by atoms with E-state index in [0.717, 1.165) is 43.5 Å². The molecule has 0 bridgehead atoms. The summed E-state index contributed by atoms with van der Waals surface area (Å²) in [6.07, 6.45) is 0.762. The molecule has 2 aromatic rings. The van der Waals surface area contributed by atoms with Crippen molar-refractivity contribution in [2.75, 3.05) is 18.0 Å². The van der Waals surface area contributed by atoms with Crippen molar-refractivity contribution in [3.63, 3.8) is 0 Å². The van der Waals surface area contributed by atoms with Gasteiger partial charge in [-0.05, 0) is 38.3 Å². The first kappa shape index (κ1) is 19.6. The molecule has 1 aromatic heterocycles. The number of rotatable bonds is 2. The first-order valence-corrected chi connectivity index (χ1v) is 8.80. The van der Waals surface area contributed by atoms with Crippen molar-refractivity contribution in [1.82, 2.24) is 9.97 Å². The van der Waals surface area contributed by atoms with Crippen LogP contribution in [-0.2, 0) is 6.18 Å². The van der Waals surface area contributed by atoms with Gasteiger partial charge in [0, 0.05) is 24.7 Å². The summed E-state index contributed by atoms with van der Waals surface area (Å²) in [5.74, 6) is 1.47. The second-order valence-corrected chi connectivity index (χ2v) is 6.73. The molecule has 0 radical (unpaired) electrons. The lowest BCUT2D eigenvalue weighted by Gasteiger charge is -2.28. The number of hydrogen-bond donors (Lipinski definition) is 1. The second-order valence-electron chi connectivity index (χ2n) is 6.73. The van der Waals surface area contributed by atoms with Gasteiger partial charge in [-0.15, -0.1) is 0 Å². The van der Waals surface area contributed by atoms with Crippen LogP contribution in [0.5, 0.6) is 0 Å². The number of hydrogen-bond acceptors (Lipinski definition) is 3. The number of anilines is 1. The fraction of sp³-hybridized carbons (Fsp3) is 0.368. The van der Waals surface area contributed by atoms with Gasteiger partial charge in [-0.2, -0.15) is 13.2 Å². The van der Waals surface area contributed by atoms with E-state index < -0.39 is 11.7 Å². The number of alkyl halides is 3. The molecule has 27 heavy (non-hydrogen) atoms. The Kier molecular flexibility index (Phi) is 5.44. The molecule has 2 aliphatic heterocycles. The monoisotopic (exact) mass is 396 g/mol. The largest absolute Gasteiger partial charge is 1.00 e. The third-order valence-electron chi connectivity index (χ3n) is 4.86.